The number of fused-ring (bicyclic) bond motifs is 1. The lowest BCUT2D eigenvalue weighted by atomic mass is 10.2. The van der Waals surface area contributed by atoms with Crippen molar-refractivity contribution in [3.05, 3.63) is 47.1 Å². The van der Waals surface area contributed by atoms with Crippen LogP contribution in [-0.4, -0.2) is 76.6 Å². The van der Waals surface area contributed by atoms with Gasteiger partial charge in [-0.3, -0.25) is 14.7 Å². The molecule has 1 fully saturated rings. The van der Waals surface area contributed by atoms with E-state index >= 15 is 0 Å². The summed E-state index contributed by atoms with van der Waals surface area (Å²) in [7, 11) is 2.01. The molecular weight excluding hydrogens is 384 g/mol. The largest absolute Gasteiger partial charge is 0.447 e. The van der Waals surface area contributed by atoms with Gasteiger partial charge in [-0.1, -0.05) is 11.6 Å². The zero-order chi connectivity index (χ0) is 19.7. The van der Waals surface area contributed by atoms with E-state index in [9.17, 15) is 9.59 Å². The summed E-state index contributed by atoms with van der Waals surface area (Å²) in [4.78, 5) is 43.3. The van der Waals surface area contributed by atoms with E-state index in [-0.39, 0.29) is 18.2 Å². The maximum absolute atomic E-state index is 12.9. The summed E-state index contributed by atoms with van der Waals surface area (Å²) in [5.74, 6) is 0.0633. The number of hydrogen-bond donors (Lipinski definition) is 0. The summed E-state index contributed by atoms with van der Waals surface area (Å²) in [6, 6.07) is 2.69. The molecule has 1 unspecified atom stereocenters. The predicted molar refractivity (Wildman–Crippen MR) is 101 cm³/mol. The van der Waals surface area contributed by atoms with E-state index < -0.39 is 12.1 Å². The molecular formula is C18H19ClN6O3. The molecule has 0 saturated carbocycles. The smallest absolute Gasteiger partial charge is 0.409 e. The van der Waals surface area contributed by atoms with Gasteiger partial charge in [0.25, 0.3) is 5.91 Å². The lowest BCUT2D eigenvalue weighted by molar-refractivity contribution is 0.0755. The fourth-order valence-electron chi connectivity index (χ4n) is 3.29. The average Bonchev–Trinajstić information content (AvgIpc) is 2.99. The van der Waals surface area contributed by atoms with Gasteiger partial charge >= 0.3 is 6.09 Å². The number of aromatic nitrogens is 3. The monoisotopic (exact) mass is 402 g/mol. The lowest BCUT2D eigenvalue weighted by Gasteiger charge is -2.32. The molecule has 0 aliphatic carbocycles. The highest BCUT2D eigenvalue weighted by Gasteiger charge is 2.42. The van der Waals surface area contributed by atoms with E-state index in [4.69, 9.17) is 16.3 Å². The third-order valence-electron chi connectivity index (χ3n) is 4.86. The number of amides is 2. The Morgan fingerprint density at radius 2 is 1.93 bits per heavy atom. The van der Waals surface area contributed by atoms with Crippen LogP contribution in [0.1, 0.15) is 22.2 Å². The standard InChI is InChI=1S/C18H19ClN6O3/c1-23-6-8-24(9-7-23)18(27)28-11-13-15-16(21-5-4-20-15)17(26)25(13)14-3-2-12(19)10-22-14/h2-5,10,13H,6-9,11H2,1H3. The topological polar surface area (TPSA) is 91.8 Å². The van der Waals surface area contributed by atoms with Crippen molar-refractivity contribution in [3.63, 3.8) is 0 Å². The van der Waals surface area contributed by atoms with Gasteiger partial charge in [0.05, 0.1) is 10.7 Å². The molecule has 9 nitrogen and oxygen atoms in total. The highest BCUT2D eigenvalue weighted by Crippen LogP contribution is 2.34. The maximum atomic E-state index is 12.9. The fourth-order valence-corrected chi connectivity index (χ4v) is 3.41. The highest BCUT2D eigenvalue weighted by atomic mass is 35.5. The Bertz CT molecular complexity index is 885. The van der Waals surface area contributed by atoms with Crippen LogP contribution in [0, 0.1) is 0 Å². The van der Waals surface area contributed by atoms with Crippen LogP contribution in [0.3, 0.4) is 0 Å². The molecule has 0 radical (unpaired) electrons. The fraction of sp³-hybridized carbons (Fsp3) is 0.389. The number of rotatable bonds is 3. The predicted octanol–water partition coefficient (Wildman–Crippen LogP) is 1.61. The number of carbonyl (C=O) groups is 2. The van der Waals surface area contributed by atoms with Gasteiger partial charge in [0.15, 0.2) is 5.69 Å². The minimum atomic E-state index is -0.596. The third kappa shape index (κ3) is 3.50. The Labute approximate surface area is 166 Å². The Balaban J connectivity index is 1.54. The van der Waals surface area contributed by atoms with Crippen molar-refractivity contribution in [3.8, 4) is 0 Å². The first-order valence-corrected chi connectivity index (χ1v) is 9.28. The summed E-state index contributed by atoms with van der Waals surface area (Å²) < 4.78 is 5.53. The van der Waals surface area contributed by atoms with Crippen molar-refractivity contribution >= 4 is 29.4 Å². The van der Waals surface area contributed by atoms with E-state index in [1.54, 1.807) is 17.0 Å². The maximum Gasteiger partial charge on any atom is 0.409 e. The van der Waals surface area contributed by atoms with E-state index in [0.29, 0.717) is 29.6 Å². The summed E-state index contributed by atoms with van der Waals surface area (Å²) in [6.07, 6.45) is 4.03. The minimum absolute atomic E-state index is 0.0348. The number of ether oxygens (including phenoxy) is 1. The summed E-state index contributed by atoms with van der Waals surface area (Å²) in [6.45, 7) is 2.78. The number of nitrogens with zero attached hydrogens (tertiary/aromatic N) is 6. The Hall–Kier alpha value is -2.78. The van der Waals surface area contributed by atoms with Crippen LogP contribution in [0.2, 0.25) is 5.02 Å². The van der Waals surface area contributed by atoms with Crippen LogP contribution < -0.4 is 4.90 Å². The van der Waals surface area contributed by atoms with Gasteiger partial charge in [-0.05, 0) is 19.2 Å². The van der Waals surface area contributed by atoms with Crippen molar-refractivity contribution in [2.45, 2.75) is 6.04 Å². The first-order valence-electron chi connectivity index (χ1n) is 8.91. The quantitative estimate of drug-likeness (QED) is 0.770. The zero-order valence-corrected chi connectivity index (χ0v) is 16.0. The van der Waals surface area contributed by atoms with Crippen LogP contribution >= 0.6 is 11.6 Å². The number of likely N-dealkylation sites (N-methyl/N-ethyl adjacent to an activating group) is 1. The molecule has 0 aromatic carbocycles. The number of carbonyl (C=O) groups excluding carboxylic acids is 2. The average molecular weight is 403 g/mol. The molecule has 2 aromatic rings. The van der Waals surface area contributed by atoms with Crippen LogP contribution in [0.15, 0.2) is 30.7 Å². The summed E-state index contributed by atoms with van der Waals surface area (Å²) in [5, 5.41) is 0.460. The summed E-state index contributed by atoms with van der Waals surface area (Å²) in [5.41, 5.74) is 0.704. The molecule has 0 spiro atoms. The molecule has 2 aliphatic heterocycles. The van der Waals surface area contributed by atoms with Gasteiger partial charge in [0.2, 0.25) is 0 Å². The Morgan fingerprint density at radius 1 is 1.18 bits per heavy atom. The van der Waals surface area contributed by atoms with Gasteiger partial charge < -0.3 is 14.5 Å². The van der Waals surface area contributed by atoms with Crippen molar-refractivity contribution in [2.24, 2.45) is 0 Å². The van der Waals surface area contributed by atoms with Crippen molar-refractivity contribution in [2.75, 3.05) is 44.7 Å². The van der Waals surface area contributed by atoms with Gasteiger partial charge in [-0.25, -0.2) is 14.8 Å². The Kier molecular flexibility index (Phi) is 5.10. The number of anilines is 1. The van der Waals surface area contributed by atoms with Crippen molar-refractivity contribution < 1.29 is 14.3 Å². The van der Waals surface area contributed by atoms with E-state index in [2.05, 4.69) is 19.9 Å². The first kappa shape index (κ1) is 18.6. The highest BCUT2D eigenvalue weighted by molar-refractivity contribution is 6.30. The number of piperazine rings is 1. The molecule has 1 saturated heterocycles. The van der Waals surface area contributed by atoms with Gasteiger partial charge in [-0.2, -0.15) is 0 Å². The second-order valence-electron chi connectivity index (χ2n) is 6.68. The first-order chi connectivity index (χ1) is 13.5. The molecule has 10 heteroatoms. The van der Waals surface area contributed by atoms with Gasteiger partial charge in [0, 0.05) is 44.8 Å². The SMILES string of the molecule is CN1CCN(C(=O)OCC2c3nccnc3C(=O)N2c2ccc(Cl)cn2)CC1. The van der Waals surface area contributed by atoms with E-state index in [1.807, 2.05) is 7.05 Å². The number of hydrogen-bond acceptors (Lipinski definition) is 7. The Morgan fingerprint density at radius 3 is 2.64 bits per heavy atom. The van der Waals surface area contributed by atoms with Gasteiger partial charge in [-0.15, -0.1) is 0 Å². The molecule has 4 heterocycles. The normalized spacial score (nSPS) is 19.6. The second-order valence-corrected chi connectivity index (χ2v) is 7.12. The molecule has 146 valence electrons. The van der Waals surface area contributed by atoms with E-state index in [1.165, 1.54) is 23.5 Å². The molecule has 2 aliphatic rings. The minimum Gasteiger partial charge on any atom is -0.447 e. The van der Waals surface area contributed by atoms with E-state index in [0.717, 1.165) is 13.1 Å². The van der Waals surface area contributed by atoms with Crippen molar-refractivity contribution in [1.82, 2.24) is 24.8 Å². The third-order valence-corrected chi connectivity index (χ3v) is 5.08. The van der Waals surface area contributed by atoms with Crippen LogP contribution in [0.4, 0.5) is 10.6 Å². The van der Waals surface area contributed by atoms with Crippen LogP contribution in [0.25, 0.3) is 0 Å². The molecule has 1 atom stereocenters. The van der Waals surface area contributed by atoms with Crippen LogP contribution in [0.5, 0.6) is 0 Å². The lowest BCUT2D eigenvalue weighted by Crippen LogP contribution is -2.47. The molecule has 0 N–H and O–H groups in total. The molecule has 2 aromatic heterocycles. The second kappa shape index (κ2) is 7.69. The number of halogens is 1. The molecule has 28 heavy (non-hydrogen) atoms. The molecule has 2 amide bonds. The van der Waals surface area contributed by atoms with Gasteiger partial charge in [0.1, 0.15) is 18.5 Å². The van der Waals surface area contributed by atoms with Crippen LogP contribution in [-0.2, 0) is 4.74 Å². The molecule has 0 bridgehead atoms. The van der Waals surface area contributed by atoms with Crippen molar-refractivity contribution in [1.29, 1.82) is 0 Å². The molecule has 4 rings (SSSR count). The zero-order valence-electron chi connectivity index (χ0n) is 15.3. The number of pyridine rings is 1. The summed E-state index contributed by atoms with van der Waals surface area (Å²) >= 11 is 5.91.